The summed E-state index contributed by atoms with van der Waals surface area (Å²) in [4.78, 5) is 16.8. The van der Waals surface area contributed by atoms with Crippen LogP contribution in [0.2, 0.25) is 0 Å². The summed E-state index contributed by atoms with van der Waals surface area (Å²) in [6.45, 7) is 4.91. The zero-order valence-electron chi connectivity index (χ0n) is 17.4. The van der Waals surface area contributed by atoms with Crippen molar-refractivity contribution in [3.8, 4) is 17.0 Å². The van der Waals surface area contributed by atoms with Crippen LogP contribution in [0.3, 0.4) is 0 Å². The number of methoxy groups -OCH3 is 1. The number of carbonyl (C=O) groups is 1. The molecule has 2 aromatic carbocycles. The summed E-state index contributed by atoms with van der Waals surface area (Å²) >= 11 is 0. The molecule has 6 heteroatoms. The van der Waals surface area contributed by atoms with Crippen LogP contribution in [-0.2, 0) is 11.2 Å². The Kier molecular flexibility index (Phi) is 5.93. The van der Waals surface area contributed by atoms with E-state index in [2.05, 4.69) is 46.3 Å². The van der Waals surface area contributed by atoms with E-state index >= 15 is 0 Å². The number of anilines is 1. The smallest absolute Gasteiger partial charge is 0.227 e. The van der Waals surface area contributed by atoms with Gasteiger partial charge in [-0.1, -0.05) is 48.0 Å². The van der Waals surface area contributed by atoms with Gasteiger partial charge in [-0.05, 0) is 25.1 Å². The lowest BCUT2D eigenvalue weighted by atomic mass is 10.1. The monoisotopic (exact) mass is 402 g/mol. The maximum Gasteiger partial charge on any atom is 0.227 e. The van der Waals surface area contributed by atoms with E-state index in [0.29, 0.717) is 19.5 Å². The van der Waals surface area contributed by atoms with Gasteiger partial charge in [-0.2, -0.15) is 0 Å². The van der Waals surface area contributed by atoms with E-state index in [1.807, 2.05) is 41.3 Å². The number of ether oxygens (including phenoxy) is 1. The van der Waals surface area contributed by atoms with Crippen LogP contribution < -0.4 is 9.64 Å². The summed E-state index contributed by atoms with van der Waals surface area (Å²) in [5.74, 6) is 1.73. The van der Waals surface area contributed by atoms with Gasteiger partial charge in [-0.25, -0.2) is 0 Å². The molecule has 2 heterocycles. The van der Waals surface area contributed by atoms with Crippen molar-refractivity contribution in [2.45, 2.75) is 13.3 Å². The highest BCUT2D eigenvalue weighted by atomic mass is 16.5. The molecule has 0 bridgehead atoms. The minimum Gasteiger partial charge on any atom is -0.496 e. The molecule has 0 atom stereocenters. The lowest BCUT2D eigenvalue weighted by molar-refractivity contribution is -0.130. The molecule has 0 radical (unpaired) electrons. The Labute approximate surface area is 177 Å². The summed E-state index contributed by atoms with van der Waals surface area (Å²) in [5.41, 5.74) is 4.07. The summed E-state index contributed by atoms with van der Waals surface area (Å²) in [6.07, 6.45) is 0.356. The minimum atomic E-state index is 0.125. The molecule has 4 rings (SSSR count). The minimum absolute atomic E-state index is 0.125. The maximum absolute atomic E-state index is 12.7. The molecule has 1 fully saturated rings. The molecule has 3 aromatic rings. The van der Waals surface area contributed by atoms with Gasteiger partial charge in [0.2, 0.25) is 5.91 Å². The summed E-state index contributed by atoms with van der Waals surface area (Å²) in [7, 11) is 1.63. The average molecular weight is 402 g/mol. The number of benzene rings is 2. The number of nitrogens with zero attached hydrogens (tertiary/aromatic N) is 4. The van der Waals surface area contributed by atoms with E-state index in [1.165, 1.54) is 5.56 Å². The third kappa shape index (κ3) is 4.43. The highest BCUT2D eigenvalue weighted by Crippen LogP contribution is 2.21. The van der Waals surface area contributed by atoms with E-state index in [-0.39, 0.29) is 5.91 Å². The predicted molar refractivity (Wildman–Crippen MR) is 118 cm³/mol. The van der Waals surface area contributed by atoms with E-state index in [9.17, 15) is 4.79 Å². The highest BCUT2D eigenvalue weighted by molar-refractivity contribution is 5.79. The van der Waals surface area contributed by atoms with Crippen molar-refractivity contribution in [1.82, 2.24) is 15.1 Å². The molecule has 0 saturated carbocycles. The zero-order chi connectivity index (χ0) is 20.9. The number of piperazine rings is 1. The van der Waals surface area contributed by atoms with Gasteiger partial charge in [0.1, 0.15) is 5.75 Å². The fraction of sp³-hybridized carbons (Fsp3) is 0.292. The largest absolute Gasteiger partial charge is 0.496 e. The number of amides is 1. The Morgan fingerprint density at radius 1 is 0.933 bits per heavy atom. The van der Waals surface area contributed by atoms with Crippen molar-refractivity contribution in [2.24, 2.45) is 0 Å². The van der Waals surface area contributed by atoms with Crippen molar-refractivity contribution in [1.29, 1.82) is 0 Å². The number of aryl methyl sites for hydroxylation is 1. The molecule has 1 aliphatic heterocycles. The maximum atomic E-state index is 12.7. The second-order valence-electron chi connectivity index (χ2n) is 7.50. The first-order valence-corrected chi connectivity index (χ1v) is 10.2. The van der Waals surface area contributed by atoms with Gasteiger partial charge in [-0.15, -0.1) is 10.2 Å². The van der Waals surface area contributed by atoms with Crippen molar-refractivity contribution in [2.75, 3.05) is 38.2 Å². The molecule has 6 nitrogen and oxygen atoms in total. The zero-order valence-corrected chi connectivity index (χ0v) is 17.4. The fourth-order valence-electron chi connectivity index (χ4n) is 3.68. The van der Waals surface area contributed by atoms with E-state index < -0.39 is 0 Å². The van der Waals surface area contributed by atoms with Gasteiger partial charge in [-0.3, -0.25) is 4.79 Å². The normalized spacial score (nSPS) is 13.9. The Balaban J connectivity index is 1.35. The molecule has 0 N–H and O–H groups in total. The molecular formula is C24H26N4O2. The number of hydrogen-bond acceptors (Lipinski definition) is 5. The lowest BCUT2D eigenvalue weighted by Gasteiger charge is -2.35. The second kappa shape index (κ2) is 8.95. The predicted octanol–water partition coefficient (Wildman–Crippen LogP) is 3.35. The quantitative estimate of drug-likeness (QED) is 0.655. The molecule has 1 aliphatic rings. The number of hydrogen-bond donors (Lipinski definition) is 0. The van der Waals surface area contributed by atoms with Crippen LogP contribution in [0.1, 0.15) is 11.1 Å². The molecule has 0 spiro atoms. The van der Waals surface area contributed by atoms with Gasteiger partial charge < -0.3 is 14.5 Å². The Morgan fingerprint density at radius 3 is 2.33 bits per heavy atom. The standard InChI is InChI=1S/C24H26N4O2/c1-18-7-9-19(10-8-18)21-11-12-23(26-25-21)27-13-15-28(16-14-27)24(29)17-20-5-3-4-6-22(20)30-2/h3-12H,13-17H2,1-2H3. The molecule has 0 unspecified atom stereocenters. The molecular weight excluding hydrogens is 376 g/mol. The number of carbonyl (C=O) groups excluding carboxylic acids is 1. The van der Waals surface area contributed by atoms with Crippen LogP contribution in [-0.4, -0.2) is 54.3 Å². The van der Waals surface area contributed by atoms with Gasteiger partial charge in [0.05, 0.1) is 19.2 Å². The van der Waals surface area contributed by atoms with E-state index in [4.69, 9.17) is 4.74 Å². The number of aromatic nitrogens is 2. The summed E-state index contributed by atoms with van der Waals surface area (Å²) in [5, 5.41) is 8.81. The molecule has 1 amide bonds. The second-order valence-corrected chi connectivity index (χ2v) is 7.50. The van der Waals surface area contributed by atoms with Gasteiger partial charge in [0, 0.05) is 37.3 Å². The van der Waals surface area contributed by atoms with Crippen molar-refractivity contribution in [3.05, 3.63) is 71.8 Å². The third-order valence-corrected chi connectivity index (χ3v) is 5.49. The first kappa shape index (κ1) is 19.9. The molecule has 0 aliphatic carbocycles. The first-order chi connectivity index (χ1) is 14.6. The summed E-state index contributed by atoms with van der Waals surface area (Å²) in [6, 6.07) is 20.0. The summed E-state index contributed by atoms with van der Waals surface area (Å²) < 4.78 is 5.36. The van der Waals surface area contributed by atoms with E-state index in [1.54, 1.807) is 7.11 Å². The third-order valence-electron chi connectivity index (χ3n) is 5.49. The van der Waals surface area contributed by atoms with Crippen LogP contribution in [0.25, 0.3) is 11.3 Å². The van der Waals surface area contributed by atoms with Gasteiger partial charge >= 0.3 is 0 Å². The number of para-hydroxylation sites is 1. The van der Waals surface area contributed by atoms with Crippen LogP contribution >= 0.6 is 0 Å². The lowest BCUT2D eigenvalue weighted by Crippen LogP contribution is -2.49. The molecule has 1 aromatic heterocycles. The van der Waals surface area contributed by atoms with Crippen LogP contribution in [0, 0.1) is 6.92 Å². The van der Waals surface area contributed by atoms with Crippen molar-refractivity contribution >= 4 is 11.7 Å². The van der Waals surface area contributed by atoms with Crippen LogP contribution in [0.5, 0.6) is 5.75 Å². The topological polar surface area (TPSA) is 58.6 Å². The highest BCUT2D eigenvalue weighted by Gasteiger charge is 2.23. The van der Waals surface area contributed by atoms with Crippen LogP contribution in [0.4, 0.5) is 5.82 Å². The molecule has 30 heavy (non-hydrogen) atoms. The van der Waals surface area contributed by atoms with E-state index in [0.717, 1.165) is 41.5 Å². The Bertz CT molecular complexity index is 994. The SMILES string of the molecule is COc1ccccc1CC(=O)N1CCN(c2ccc(-c3ccc(C)cc3)nn2)CC1. The Hall–Kier alpha value is -3.41. The van der Waals surface area contributed by atoms with Gasteiger partial charge in [0.25, 0.3) is 0 Å². The number of rotatable bonds is 5. The average Bonchev–Trinajstić information content (AvgIpc) is 2.80. The first-order valence-electron chi connectivity index (χ1n) is 10.2. The molecule has 154 valence electrons. The van der Waals surface area contributed by atoms with Crippen LogP contribution in [0.15, 0.2) is 60.7 Å². The molecule has 1 saturated heterocycles. The van der Waals surface area contributed by atoms with Crippen molar-refractivity contribution in [3.63, 3.8) is 0 Å². The van der Waals surface area contributed by atoms with Gasteiger partial charge in [0.15, 0.2) is 5.82 Å². The van der Waals surface area contributed by atoms with Crippen molar-refractivity contribution < 1.29 is 9.53 Å². The fourth-order valence-corrected chi connectivity index (χ4v) is 3.68. The Morgan fingerprint density at radius 2 is 1.67 bits per heavy atom.